The maximum atomic E-state index is 5.63. The van der Waals surface area contributed by atoms with Crippen LogP contribution in [0.5, 0.6) is 0 Å². The fourth-order valence-corrected chi connectivity index (χ4v) is 2.71. The van der Waals surface area contributed by atoms with Gasteiger partial charge in [0.2, 0.25) is 0 Å². The minimum absolute atomic E-state index is 0.0224. The van der Waals surface area contributed by atoms with Crippen molar-refractivity contribution in [2.45, 2.75) is 37.9 Å². The molecule has 0 heterocycles. The molecule has 0 radical (unpaired) electrons. The first-order chi connectivity index (χ1) is 5.36. The topological polar surface area (TPSA) is 18.5 Å². The van der Waals surface area contributed by atoms with Gasteiger partial charge in [-0.2, -0.15) is 0 Å². The quantitative estimate of drug-likeness (QED) is 0.464. The first kappa shape index (κ1) is 9.74. The molecule has 0 spiro atoms. The summed E-state index contributed by atoms with van der Waals surface area (Å²) < 4.78 is 10.9. The second-order valence-corrected chi connectivity index (χ2v) is 4.27. The van der Waals surface area contributed by atoms with Gasteiger partial charge >= 0.3 is 79.4 Å². The van der Waals surface area contributed by atoms with E-state index in [4.69, 9.17) is 7.80 Å². The van der Waals surface area contributed by atoms with Crippen LogP contribution >= 0.6 is 0 Å². The van der Waals surface area contributed by atoms with Gasteiger partial charge in [0, 0.05) is 0 Å². The van der Waals surface area contributed by atoms with Gasteiger partial charge in [-0.05, 0) is 0 Å². The Hall–Kier alpha value is 0.650. The Balaban J connectivity index is 2.14. The molecule has 0 aromatic heterocycles. The average molecular weight is 271 g/mol. The molecule has 3 heteroatoms. The fraction of sp³-hybridized carbons (Fsp3) is 1.00. The zero-order chi connectivity index (χ0) is 8.10. The van der Waals surface area contributed by atoms with Crippen molar-refractivity contribution in [2.24, 2.45) is 0 Å². The molecule has 0 saturated heterocycles. The first-order valence-corrected chi connectivity index (χ1v) is 7.08. The van der Waals surface area contributed by atoms with Crippen LogP contribution in [0.15, 0.2) is 0 Å². The summed E-state index contributed by atoms with van der Waals surface area (Å²) in [5.41, 5.74) is 0. The summed E-state index contributed by atoms with van der Waals surface area (Å²) in [6.45, 7) is 0. The maximum absolute atomic E-state index is 5.63. The van der Waals surface area contributed by atoms with Crippen molar-refractivity contribution in [1.82, 2.24) is 0 Å². The third-order valence-electron chi connectivity index (χ3n) is 2.17. The summed E-state index contributed by atoms with van der Waals surface area (Å²) in [7, 11) is 1.80. The van der Waals surface area contributed by atoms with Crippen LogP contribution in [-0.4, -0.2) is 24.2 Å². The Morgan fingerprint density at radius 3 is 2.09 bits per heavy atom. The number of ether oxygens (including phenoxy) is 1. The molecule has 0 amide bonds. The molecule has 11 heavy (non-hydrogen) atoms. The molecule has 1 aliphatic rings. The van der Waals surface area contributed by atoms with E-state index in [9.17, 15) is 0 Å². The van der Waals surface area contributed by atoms with Crippen LogP contribution in [0.4, 0.5) is 0 Å². The van der Waals surface area contributed by atoms with Crippen molar-refractivity contribution >= 4 is 0 Å². The van der Waals surface area contributed by atoms with Crippen LogP contribution in [0.2, 0.25) is 0 Å². The van der Waals surface area contributed by atoms with Crippen LogP contribution in [0.1, 0.15) is 25.7 Å². The van der Waals surface area contributed by atoms with E-state index in [1.54, 1.807) is 7.11 Å². The average Bonchev–Trinajstić information content (AvgIpc) is 2.07. The van der Waals surface area contributed by atoms with Crippen LogP contribution in [-0.2, 0) is 7.80 Å². The predicted molar refractivity (Wildman–Crippen MR) is 40.1 cm³/mol. The van der Waals surface area contributed by atoms with Crippen molar-refractivity contribution in [2.75, 3.05) is 12.0 Å². The van der Waals surface area contributed by atoms with Gasteiger partial charge in [-0.25, -0.2) is 0 Å². The van der Waals surface area contributed by atoms with Gasteiger partial charge in [-0.15, -0.1) is 0 Å². The number of alkyl halides is 1. The van der Waals surface area contributed by atoms with Crippen LogP contribution in [0.25, 0.3) is 0 Å². The SMILES string of the molecule is COC1CCC(O[I-]C)CC1. The second-order valence-electron chi connectivity index (χ2n) is 2.88. The van der Waals surface area contributed by atoms with Crippen molar-refractivity contribution in [1.29, 1.82) is 0 Å². The molecule has 1 saturated carbocycles. The molecule has 0 N–H and O–H groups in total. The van der Waals surface area contributed by atoms with Crippen molar-refractivity contribution in [3.8, 4) is 0 Å². The third kappa shape index (κ3) is 3.25. The van der Waals surface area contributed by atoms with Gasteiger partial charge in [0.25, 0.3) is 0 Å². The second kappa shape index (κ2) is 5.32. The fourth-order valence-electron chi connectivity index (χ4n) is 1.48. The molecular formula is C8H16IO2-. The van der Waals surface area contributed by atoms with E-state index < -0.39 is 0 Å². The van der Waals surface area contributed by atoms with E-state index in [0.717, 1.165) is 0 Å². The first-order valence-electron chi connectivity index (χ1n) is 4.04. The van der Waals surface area contributed by atoms with Crippen molar-refractivity contribution in [3.05, 3.63) is 0 Å². The van der Waals surface area contributed by atoms with Gasteiger partial charge < -0.3 is 0 Å². The van der Waals surface area contributed by atoms with Gasteiger partial charge in [0.05, 0.1) is 0 Å². The summed E-state index contributed by atoms with van der Waals surface area (Å²) >= 11 is 0.0224. The third-order valence-corrected chi connectivity index (χ3v) is 3.40. The summed E-state index contributed by atoms with van der Waals surface area (Å²) in [4.78, 5) is 2.17. The number of rotatable bonds is 3. The van der Waals surface area contributed by atoms with Gasteiger partial charge in [-0.1, -0.05) is 0 Å². The van der Waals surface area contributed by atoms with Gasteiger partial charge in [-0.3, -0.25) is 0 Å². The van der Waals surface area contributed by atoms with E-state index in [0.29, 0.717) is 12.2 Å². The molecule has 0 atom stereocenters. The zero-order valence-electron chi connectivity index (χ0n) is 7.18. The Morgan fingerprint density at radius 2 is 1.64 bits per heavy atom. The normalized spacial score (nSPS) is 32.5. The molecule has 0 aromatic rings. The monoisotopic (exact) mass is 271 g/mol. The molecule has 1 aliphatic carbocycles. The molecule has 1 rings (SSSR count). The van der Waals surface area contributed by atoms with Crippen LogP contribution < -0.4 is 21.6 Å². The van der Waals surface area contributed by atoms with Gasteiger partial charge in [0.15, 0.2) is 0 Å². The summed E-state index contributed by atoms with van der Waals surface area (Å²) in [6, 6.07) is 0. The van der Waals surface area contributed by atoms with Crippen molar-refractivity contribution < 1.29 is 29.4 Å². The Bertz CT molecular complexity index is 100. The number of hydrogen-bond donors (Lipinski definition) is 0. The summed E-state index contributed by atoms with van der Waals surface area (Å²) in [6.07, 6.45) is 5.83. The molecule has 2 nitrogen and oxygen atoms in total. The predicted octanol–water partition coefficient (Wildman–Crippen LogP) is -1.41. The van der Waals surface area contributed by atoms with Crippen LogP contribution in [0.3, 0.4) is 0 Å². The van der Waals surface area contributed by atoms with E-state index in [2.05, 4.69) is 4.93 Å². The Kier molecular flexibility index (Phi) is 4.71. The van der Waals surface area contributed by atoms with E-state index >= 15 is 0 Å². The van der Waals surface area contributed by atoms with Crippen molar-refractivity contribution in [3.63, 3.8) is 0 Å². The number of halogens is 1. The minimum atomic E-state index is 0.0224. The molecule has 0 unspecified atom stereocenters. The molecular weight excluding hydrogens is 255 g/mol. The molecule has 0 aromatic carbocycles. The number of hydrogen-bond acceptors (Lipinski definition) is 2. The van der Waals surface area contributed by atoms with Crippen LogP contribution in [0, 0.1) is 0 Å². The molecule has 1 fully saturated rings. The van der Waals surface area contributed by atoms with E-state index in [-0.39, 0.29) is 21.6 Å². The standard InChI is InChI=1S/C8H16IO2/c1-9-11-8-5-3-7(10-2)4-6-8/h7-8H,3-6H2,1-2H3/q-1. The molecule has 0 bridgehead atoms. The Labute approximate surface area is 79.5 Å². The van der Waals surface area contributed by atoms with E-state index in [1.165, 1.54) is 25.7 Å². The van der Waals surface area contributed by atoms with Gasteiger partial charge in [0.1, 0.15) is 0 Å². The molecule has 68 valence electrons. The Morgan fingerprint density at radius 1 is 1.09 bits per heavy atom. The molecule has 0 aliphatic heterocycles. The summed E-state index contributed by atoms with van der Waals surface area (Å²) in [5.74, 6) is 0. The van der Waals surface area contributed by atoms with E-state index in [1.807, 2.05) is 0 Å². The summed E-state index contributed by atoms with van der Waals surface area (Å²) in [5, 5.41) is 0. The zero-order valence-corrected chi connectivity index (χ0v) is 9.34. The number of methoxy groups -OCH3 is 1.